The molecule has 60 valence electrons. The Bertz CT molecular complexity index is 93.0. The predicted octanol–water partition coefficient (Wildman–Crippen LogP) is 0.697. The number of amides is 1. The Kier molecular flexibility index (Phi) is 12.7. The van der Waals surface area contributed by atoms with E-state index in [0.717, 1.165) is 6.29 Å². The number of nitrogens with two attached hydrogens (primary N) is 1. The van der Waals surface area contributed by atoms with Gasteiger partial charge in [-0.05, 0) is 6.92 Å². The van der Waals surface area contributed by atoms with Crippen LogP contribution in [0.3, 0.4) is 0 Å². The van der Waals surface area contributed by atoms with Gasteiger partial charge in [0.05, 0.1) is 6.61 Å². The third kappa shape index (κ3) is 28.3. The molecule has 4 nitrogen and oxygen atoms in total. The van der Waals surface area contributed by atoms with E-state index in [2.05, 4.69) is 10.5 Å². The standard InChI is InChI=1S/C3H7NO2.C3H6O/c1-2-6-3(4)5;1-2-3-4/h2H2,1H3,(H2,4,5);3H,2H2,1H3. The molecule has 0 spiro atoms. The van der Waals surface area contributed by atoms with Gasteiger partial charge in [0.1, 0.15) is 6.29 Å². The molecule has 0 heterocycles. The van der Waals surface area contributed by atoms with Crippen LogP contribution in [0.5, 0.6) is 0 Å². The lowest BCUT2D eigenvalue weighted by molar-refractivity contribution is -0.107. The van der Waals surface area contributed by atoms with E-state index >= 15 is 0 Å². The highest BCUT2D eigenvalue weighted by atomic mass is 16.5. The van der Waals surface area contributed by atoms with Crippen molar-refractivity contribution in [2.75, 3.05) is 6.61 Å². The number of carbonyl (C=O) groups is 2. The summed E-state index contributed by atoms with van der Waals surface area (Å²) in [5, 5.41) is 0. The molecule has 0 aromatic rings. The van der Waals surface area contributed by atoms with Crippen molar-refractivity contribution in [3.8, 4) is 0 Å². The first-order valence-electron chi connectivity index (χ1n) is 3.04. The van der Waals surface area contributed by atoms with Gasteiger partial charge in [-0.25, -0.2) is 4.79 Å². The van der Waals surface area contributed by atoms with Crippen molar-refractivity contribution >= 4 is 12.4 Å². The molecule has 0 atom stereocenters. The molecule has 0 aromatic carbocycles. The Hall–Kier alpha value is -1.06. The lowest BCUT2D eigenvalue weighted by atomic mass is 10.6. The third-order valence-electron chi connectivity index (χ3n) is 0.453. The van der Waals surface area contributed by atoms with Crippen LogP contribution in [0, 0.1) is 0 Å². The minimum absolute atomic E-state index is 0.356. The number of hydrogen-bond acceptors (Lipinski definition) is 3. The van der Waals surface area contributed by atoms with Crippen molar-refractivity contribution in [3.63, 3.8) is 0 Å². The molecule has 0 saturated heterocycles. The van der Waals surface area contributed by atoms with Crippen LogP contribution < -0.4 is 5.73 Å². The van der Waals surface area contributed by atoms with Gasteiger partial charge >= 0.3 is 6.09 Å². The van der Waals surface area contributed by atoms with Gasteiger partial charge in [-0.2, -0.15) is 0 Å². The van der Waals surface area contributed by atoms with Crippen molar-refractivity contribution in [1.82, 2.24) is 0 Å². The number of carbonyl (C=O) groups excluding carboxylic acids is 2. The summed E-state index contributed by atoms with van der Waals surface area (Å²) in [6, 6.07) is 0. The quantitative estimate of drug-likeness (QED) is 0.584. The van der Waals surface area contributed by atoms with Crippen molar-refractivity contribution < 1.29 is 14.3 Å². The molecule has 0 aliphatic carbocycles. The Morgan fingerprint density at radius 2 is 2.00 bits per heavy atom. The smallest absolute Gasteiger partial charge is 0.404 e. The second kappa shape index (κ2) is 10.8. The summed E-state index contributed by atoms with van der Waals surface area (Å²) in [5.41, 5.74) is 4.54. The maximum Gasteiger partial charge on any atom is 0.404 e. The average molecular weight is 147 g/mol. The Morgan fingerprint density at radius 1 is 1.60 bits per heavy atom. The summed E-state index contributed by atoms with van der Waals surface area (Å²) < 4.78 is 4.18. The predicted molar refractivity (Wildman–Crippen MR) is 37.6 cm³/mol. The molecule has 0 rings (SSSR count). The molecule has 0 aliphatic heterocycles. The molecule has 0 fully saturated rings. The van der Waals surface area contributed by atoms with Crippen LogP contribution >= 0.6 is 0 Å². The molecular formula is C6H13NO3. The summed E-state index contributed by atoms with van der Waals surface area (Å²) in [6.45, 7) is 3.87. The first kappa shape index (κ1) is 11.7. The molecule has 0 bridgehead atoms. The second-order valence-corrected chi connectivity index (χ2v) is 1.33. The van der Waals surface area contributed by atoms with Gasteiger partial charge in [-0.1, -0.05) is 6.92 Å². The Morgan fingerprint density at radius 3 is 2.00 bits per heavy atom. The van der Waals surface area contributed by atoms with E-state index in [0.29, 0.717) is 13.0 Å². The largest absolute Gasteiger partial charge is 0.450 e. The van der Waals surface area contributed by atoms with Crippen molar-refractivity contribution in [2.45, 2.75) is 20.3 Å². The highest BCUT2D eigenvalue weighted by molar-refractivity contribution is 5.64. The fourth-order valence-corrected chi connectivity index (χ4v) is 0.142. The average Bonchev–Trinajstić information content (AvgIpc) is 1.89. The van der Waals surface area contributed by atoms with E-state index in [4.69, 9.17) is 0 Å². The molecular weight excluding hydrogens is 134 g/mol. The minimum Gasteiger partial charge on any atom is -0.450 e. The van der Waals surface area contributed by atoms with E-state index < -0.39 is 6.09 Å². The highest BCUT2D eigenvalue weighted by Gasteiger charge is 1.82. The summed E-state index contributed by atoms with van der Waals surface area (Å²) in [7, 11) is 0. The molecule has 10 heavy (non-hydrogen) atoms. The maximum absolute atomic E-state index is 9.60. The topological polar surface area (TPSA) is 69.4 Å². The zero-order valence-corrected chi connectivity index (χ0v) is 6.29. The summed E-state index contributed by atoms with van der Waals surface area (Å²) >= 11 is 0. The number of ether oxygens (including phenoxy) is 1. The third-order valence-corrected chi connectivity index (χ3v) is 0.453. The lowest BCUT2D eigenvalue weighted by Gasteiger charge is -1.89. The van der Waals surface area contributed by atoms with Gasteiger partial charge in [0.2, 0.25) is 0 Å². The number of hydrogen-bond donors (Lipinski definition) is 1. The molecule has 0 saturated carbocycles. The van der Waals surface area contributed by atoms with E-state index in [1.54, 1.807) is 6.92 Å². The zero-order valence-electron chi connectivity index (χ0n) is 6.29. The van der Waals surface area contributed by atoms with Crippen LogP contribution in [-0.2, 0) is 9.53 Å². The zero-order chi connectivity index (χ0) is 8.41. The highest BCUT2D eigenvalue weighted by Crippen LogP contribution is 1.66. The van der Waals surface area contributed by atoms with Crippen molar-refractivity contribution in [3.05, 3.63) is 0 Å². The van der Waals surface area contributed by atoms with Gasteiger partial charge in [0, 0.05) is 6.42 Å². The van der Waals surface area contributed by atoms with Crippen LogP contribution in [0.4, 0.5) is 4.79 Å². The maximum atomic E-state index is 9.60. The van der Waals surface area contributed by atoms with Crippen LogP contribution in [0.1, 0.15) is 20.3 Å². The number of rotatable bonds is 2. The second-order valence-electron chi connectivity index (χ2n) is 1.33. The summed E-state index contributed by atoms with van der Waals surface area (Å²) in [5.74, 6) is 0. The molecule has 0 aromatic heterocycles. The lowest BCUT2D eigenvalue weighted by Crippen LogP contribution is -2.11. The monoisotopic (exact) mass is 147 g/mol. The number of aldehydes is 1. The van der Waals surface area contributed by atoms with Crippen molar-refractivity contribution in [1.29, 1.82) is 0 Å². The molecule has 4 heteroatoms. The first-order chi connectivity index (χ1) is 4.68. The van der Waals surface area contributed by atoms with Crippen LogP contribution in [-0.4, -0.2) is 19.0 Å². The summed E-state index contributed by atoms with van der Waals surface area (Å²) in [4.78, 5) is 18.8. The van der Waals surface area contributed by atoms with E-state index in [9.17, 15) is 9.59 Å². The van der Waals surface area contributed by atoms with Gasteiger partial charge < -0.3 is 15.3 Å². The normalized spacial score (nSPS) is 7.00. The SMILES string of the molecule is CCC=O.CCOC(N)=O. The Balaban J connectivity index is 0. The minimum atomic E-state index is -0.711. The molecule has 2 N–H and O–H groups in total. The molecule has 0 aliphatic rings. The van der Waals surface area contributed by atoms with Crippen LogP contribution in [0.25, 0.3) is 0 Å². The van der Waals surface area contributed by atoms with Gasteiger partial charge in [-0.3, -0.25) is 0 Å². The molecule has 0 unspecified atom stereocenters. The van der Waals surface area contributed by atoms with Crippen molar-refractivity contribution in [2.24, 2.45) is 5.73 Å². The van der Waals surface area contributed by atoms with E-state index in [1.165, 1.54) is 0 Å². The van der Waals surface area contributed by atoms with Gasteiger partial charge in [0.25, 0.3) is 0 Å². The number of primary amides is 1. The fourth-order valence-electron chi connectivity index (χ4n) is 0.142. The van der Waals surface area contributed by atoms with Crippen LogP contribution in [0.2, 0.25) is 0 Å². The molecule has 1 amide bonds. The summed E-state index contributed by atoms with van der Waals surface area (Å²) in [6.07, 6.45) is 0.803. The van der Waals surface area contributed by atoms with Crippen LogP contribution in [0.15, 0.2) is 0 Å². The van der Waals surface area contributed by atoms with E-state index in [-0.39, 0.29) is 0 Å². The van der Waals surface area contributed by atoms with Gasteiger partial charge in [-0.15, -0.1) is 0 Å². The van der Waals surface area contributed by atoms with Gasteiger partial charge in [0.15, 0.2) is 0 Å². The molecule has 0 radical (unpaired) electrons. The fraction of sp³-hybridized carbons (Fsp3) is 0.667. The first-order valence-corrected chi connectivity index (χ1v) is 3.04. The van der Waals surface area contributed by atoms with E-state index in [1.807, 2.05) is 6.92 Å². The Labute approximate surface area is 60.3 Å².